The molecule has 0 saturated carbocycles. The van der Waals surface area contributed by atoms with Gasteiger partial charge >= 0.3 is 0 Å². The number of fused-ring (bicyclic) bond motifs is 2. The minimum Gasteiger partial charge on any atom is -0.508 e. The Bertz CT molecular complexity index is 1360. The van der Waals surface area contributed by atoms with E-state index < -0.39 is 96.8 Å². The van der Waals surface area contributed by atoms with Gasteiger partial charge in [-0.3, -0.25) is 9.59 Å². The molecular formula is C27H30O14. The summed E-state index contributed by atoms with van der Waals surface area (Å²) in [7, 11) is 0. The molecular weight excluding hydrogens is 548 g/mol. The van der Waals surface area contributed by atoms with Crippen molar-refractivity contribution in [3.8, 4) is 17.2 Å². The molecule has 1 aliphatic carbocycles. The second-order valence-corrected chi connectivity index (χ2v) is 10.3. The first-order valence-corrected chi connectivity index (χ1v) is 12.8. The summed E-state index contributed by atoms with van der Waals surface area (Å²) in [6.07, 6.45) is -16.1. The normalized spacial score (nSPS) is 35.1. The number of ether oxygens (including phenoxy) is 4. The Labute approximate surface area is 232 Å². The van der Waals surface area contributed by atoms with Gasteiger partial charge in [0.25, 0.3) is 0 Å². The minimum atomic E-state index is -1.85. The Balaban J connectivity index is 1.53. The summed E-state index contributed by atoms with van der Waals surface area (Å²) in [5, 5.41) is 82.5. The van der Waals surface area contributed by atoms with Crippen LogP contribution in [0.1, 0.15) is 44.3 Å². The maximum Gasteiger partial charge on any atom is 0.229 e. The van der Waals surface area contributed by atoms with Crippen molar-refractivity contribution in [3.63, 3.8) is 0 Å². The topological polar surface area (TPSA) is 233 Å². The van der Waals surface area contributed by atoms with Gasteiger partial charge in [-0.05, 0) is 37.6 Å². The van der Waals surface area contributed by atoms with Gasteiger partial charge in [0.15, 0.2) is 18.2 Å². The summed E-state index contributed by atoms with van der Waals surface area (Å²) in [6, 6.07) is 4.76. The fourth-order valence-electron chi connectivity index (χ4n) is 5.26. The summed E-state index contributed by atoms with van der Waals surface area (Å²) in [5.74, 6) is -2.85. The van der Waals surface area contributed by atoms with Gasteiger partial charge in [0.1, 0.15) is 53.9 Å². The number of ketones is 2. The fourth-order valence-corrected chi connectivity index (χ4v) is 5.26. The number of benzene rings is 2. The van der Waals surface area contributed by atoms with Crippen LogP contribution in [-0.4, -0.2) is 120 Å². The van der Waals surface area contributed by atoms with Crippen molar-refractivity contribution in [1.82, 2.24) is 0 Å². The number of aromatic hydroxyl groups is 2. The molecule has 0 amide bonds. The molecule has 0 spiro atoms. The molecule has 14 heteroatoms. The Hall–Kier alpha value is -3.18. The molecule has 8 N–H and O–H groups in total. The second-order valence-electron chi connectivity index (χ2n) is 10.3. The lowest BCUT2D eigenvalue weighted by molar-refractivity contribution is -0.354. The molecule has 41 heavy (non-hydrogen) atoms. The SMILES string of the molecule is Cc1cc(O)c2c(c1)C(=O)c1cc(O)cc(O[C@@H]3O[C@H](CO)[C@@H](O)[C@H](O)[C@H]3O[C@@H]3O[C@@H](C)[C@H](O)[C@@H](O)[C@H]3O)c1C2=O. The van der Waals surface area contributed by atoms with Crippen molar-refractivity contribution in [2.45, 2.75) is 75.3 Å². The predicted octanol–water partition coefficient (Wildman–Crippen LogP) is -1.79. The number of carbonyl (C=O) groups excluding carboxylic acids is 2. The second kappa shape index (κ2) is 10.9. The third kappa shape index (κ3) is 4.97. The van der Waals surface area contributed by atoms with Crippen LogP contribution < -0.4 is 4.74 Å². The average molecular weight is 579 g/mol. The molecule has 222 valence electrons. The van der Waals surface area contributed by atoms with E-state index in [1.165, 1.54) is 19.1 Å². The van der Waals surface area contributed by atoms with Crippen LogP contribution in [0.25, 0.3) is 0 Å². The zero-order chi connectivity index (χ0) is 29.9. The van der Waals surface area contributed by atoms with E-state index in [9.17, 15) is 50.4 Å². The van der Waals surface area contributed by atoms with E-state index in [0.717, 1.165) is 12.1 Å². The molecule has 0 bridgehead atoms. The highest BCUT2D eigenvalue weighted by Crippen LogP contribution is 2.41. The molecule has 5 rings (SSSR count). The smallest absolute Gasteiger partial charge is 0.229 e. The van der Waals surface area contributed by atoms with E-state index in [1.807, 2.05) is 0 Å². The summed E-state index contributed by atoms with van der Waals surface area (Å²) in [4.78, 5) is 26.9. The number of aliphatic hydroxyl groups excluding tert-OH is 6. The van der Waals surface area contributed by atoms with E-state index in [1.54, 1.807) is 6.92 Å². The zero-order valence-corrected chi connectivity index (χ0v) is 21.8. The Morgan fingerprint density at radius 1 is 0.780 bits per heavy atom. The number of carbonyl (C=O) groups is 2. The number of phenolic OH excluding ortho intramolecular Hbond substituents is 2. The van der Waals surface area contributed by atoms with Crippen LogP contribution in [0.4, 0.5) is 0 Å². The van der Waals surface area contributed by atoms with Gasteiger partial charge in [-0.1, -0.05) is 0 Å². The number of aliphatic hydroxyl groups is 6. The van der Waals surface area contributed by atoms with Gasteiger partial charge < -0.3 is 59.8 Å². The van der Waals surface area contributed by atoms with E-state index >= 15 is 0 Å². The Kier molecular flexibility index (Phi) is 7.80. The summed E-state index contributed by atoms with van der Waals surface area (Å²) in [5.41, 5.74) is -0.440. The fraction of sp³-hybridized carbons (Fsp3) is 0.481. The van der Waals surface area contributed by atoms with Crippen LogP contribution in [-0.2, 0) is 14.2 Å². The Morgan fingerprint density at radius 2 is 1.46 bits per heavy atom. The number of hydrogen-bond donors (Lipinski definition) is 8. The van der Waals surface area contributed by atoms with Gasteiger partial charge in [-0.2, -0.15) is 0 Å². The molecule has 3 aliphatic rings. The van der Waals surface area contributed by atoms with Gasteiger partial charge in [-0.25, -0.2) is 0 Å². The lowest BCUT2D eigenvalue weighted by atomic mass is 9.82. The van der Waals surface area contributed by atoms with Crippen molar-refractivity contribution in [1.29, 1.82) is 0 Å². The molecule has 2 aliphatic heterocycles. The molecule has 0 unspecified atom stereocenters. The molecule has 0 radical (unpaired) electrons. The average Bonchev–Trinajstić information content (AvgIpc) is 2.92. The van der Waals surface area contributed by atoms with Crippen molar-refractivity contribution in [2.75, 3.05) is 6.61 Å². The highest BCUT2D eigenvalue weighted by atomic mass is 16.8. The highest BCUT2D eigenvalue weighted by molar-refractivity contribution is 6.30. The van der Waals surface area contributed by atoms with E-state index in [2.05, 4.69) is 0 Å². The number of phenols is 2. The molecule has 2 fully saturated rings. The van der Waals surface area contributed by atoms with Crippen molar-refractivity contribution < 1.29 is 69.4 Å². The summed E-state index contributed by atoms with van der Waals surface area (Å²) >= 11 is 0. The van der Waals surface area contributed by atoms with Crippen LogP contribution in [0.15, 0.2) is 24.3 Å². The first-order valence-electron chi connectivity index (χ1n) is 12.8. The largest absolute Gasteiger partial charge is 0.508 e. The zero-order valence-electron chi connectivity index (χ0n) is 21.8. The summed E-state index contributed by atoms with van der Waals surface area (Å²) in [6.45, 7) is 2.23. The molecule has 2 saturated heterocycles. The van der Waals surface area contributed by atoms with E-state index in [4.69, 9.17) is 18.9 Å². The number of rotatable bonds is 5. The standard InChI is InChI=1S/C27H30O14/c1-8-3-11-16(13(30)4-8)21(34)17-12(19(11)32)5-10(29)6-14(17)39-27-25(23(36)20(33)15(7-28)40-27)41-26-24(37)22(35)18(31)9(2)38-26/h3-6,9,15,18,20,22-31,33,35-37H,7H2,1-2H3/t9-,15+,18-,20+,22+,23-,24+,25+,26-,27+/m0/s1. The third-order valence-corrected chi connectivity index (χ3v) is 7.46. The number of hydrogen-bond acceptors (Lipinski definition) is 14. The molecule has 0 aromatic heterocycles. The Morgan fingerprint density at radius 3 is 2.15 bits per heavy atom. The van der Waals surface area contributed by atoms with Crippen LogP contribution in [0.3, 0.4) is 0 Å². The maximum atomic E-state index is 13.6. The van der Waals surface area contributed by atoms with Crippen LogP contribution in [0.2, 0.25) is 0 Å². The van der Waals surface area contributed by atoms with Gasteiger partial charge in [-0.15, -0.1) is 0 Å². The van der Waals surface area contributed by atoms with Crippen LogP contribution >= 0.6 is 0 Å². The minimum absolute atomic E-state index is 0.0798. The molecule has 10 atom stereocenters. The summed E-state index contributed by atoms with van der Waals surface area (Å²) < 4.78 is 22.5. The number of aryl methyl sites for hydroxylation is 1. The molecule has 2 heterocycles. The monoisotopic (exact) mass is 578 g/mol. The highest BCUT2D eigenvalue weighted by Gasteiger charge is 2.51. The first-order chi connectivity index (χ1) is 19.3. The predicted molar refractivity (Wildman–Crippen MR) is 133 cm³/mol. The third-order valence-electron chi connectivity index (χ3n) is 7.46. The lowest BCUT2D eigenvalue weighted by Crippen LogP contribution is -2.64. The van der Waals surface area contributed by atoms with Crippen molar-refractivity contribution in [2.24, 2.45) is 0 Å². The quantitative estimate of drug-likeness (QED) is 0.167. The van der Waals surface area contributed by atoms with Crippen LogP contribution in [0.5, 0.6) is 17.2 Å². The van der Waals surface area contributed by atoms with E-state index in [-0.39, 0.29) is 22.3 Å². The molecule has 2 aromatic rings. The van der Waals surface area contributed by atoms with Crippen molar-refractivity contribution in [3.05, 3.63) is 52.1 Å². The lowest BCUT2D eigenvalue weighted by Gasteiger charge is -2.45. The maximum absolute atomic E-state index is 13.6. The van der Waals surface area contributed by atoms with E-state index in [0.29, 0.717) is 5.56 Å². The molecule has 14 nitrogen and oxygen atoms in total. The van der Waals surface area contributed by atoms with Crippen LogP contribution in [0, 0.1) is 6.92 Å². The van der Waals surface area contributed by atoms with Crippen molar-refractivity contribution >= 4 is 11.6 Å². The van der Waals surface area contributed by atoms with Gasteiger partial charge in [0.05, 0.1) is 23.8 Å². The first kappa shape index (κ1) is 29.3. The van der Waals surface area contributed by atoms with Gasteiger partial charge in [0, 0.05) is 17.2 Å². The molecule has 2 aromatic carbocycles. The van der Waals surface area contributed by atoms with Gasteiger partial charge in [0.2, 0.25) is 12.1 Å².